The molecule has 0 fully saturated rings. The van der Waals surface area contributed by atoms with Gasteiger partial charge in [-0.05, 0) is 42.2 Å². The van der Waals surface area contributed by atoms with E-state index in [4.69, 9.17) is 10.5 Å². The van der Waals surface area contributed by atoms with E-state index in [1.54, 1.807) is 12.1 Å². The van der Waals surface area contributed by atoms with Crippen LogP contribution in [0.15, 0.2) is 48.5 Å². The molecule has 2 N–H and O–H groups in total. The molecule has 110 valence electrons. The predicted molar refractivity (Wildman–Crippen MR) is 85.4 cm³/mol. The summed E-state index contributed by atoms with van der Waals surface area (Å²) < 4.78 is 5.75. The molecule has 2 atom stereocenters. The zero-order chi connectivity index (χ0) is 15.2. The number of nitrogen functional groups attached to an aromatic ring is 1. The number of benzene rings is 2. The van der Waals surface area contributed by atoms with Crippen LogP contribution in [0.25, 0.3) is 0 Å². The maximum absolute atomic E-state index is 11.3. The zero-order valence-corrected chi connectivity index (χ0v) is 12.5. The molecule has 2 rings (SSSR count). The van der Waals surface area contributed by atoms with Crippen molar-refractivity contribution in [3.05, 3.63) is 59.7 Å². The van der Waals surface area contributed by atoms with Crippen molar-refractivity contribution < 1.29 is 9.53 Å². The molecule has 21 heavy (non-hydrogen) atoms. The molecule has 0 bridgehead atoms. The van der Waals surface area contributed by atoms with Gasteiger partial charge in [-0.2, -0.15) is 0 Å². The Morgan fingerprint density at radius 3 is 2.43 bits per heavy atom. The first-order chi connectivity index (χ1) is 10.1. The smallest absolute Gasteiger partial charge is 0.179 e. The van der Waals surface area contributed by atoms with Crippen LogP contribution < -0.4 is 10.5 Å². The van der Waals surface area contributed by atoms with E-state index >= 15 is 0 Å². The number of carbonyl (C=O) groups excluding carboxylic acids is 1. The molecule has 0 heterocycles. The van der Waals surface area contributed by atoms with Gasteiger partial charge in [-0.15, -0.1) is 0 Å². The van der Waals surface area contributed by atoms with Crippen molar-refractivity contribution >= 4 is 12.0 Å². The van der Waals surface area contributed by atoms with Gasteiger partial charge in [-0.1, -0.05) is 38.1 Å². The summed E-state index contributed by atoms with van der Waals surface area (Å²) in [5, 5.41) is 0. The van der Waals surface area contributed by atoms with Crippen LogP contribution in [0, 0.1) is 0 Å². The van der Waals surface area contributed by atoms with Gasteiger partial charge in [0.1, 0.15) is 5.75 Å². The lowest BCUT2D eigenvalue weighted by Gasteiger charge is -2.15. The lowest BCUT2D eigenvalue weighted by molar-refractivity contribution is -0.113. The number of hydrogen-bond acceptors (Lipinski definition) is 3. The summed E-state index contributed by atoms with van der Waals surface area (Å²) in [6.45, 7) is 4.36. The van der Waals surface area contributed by atoms with E-state index in [-0.39, 0.29) is 0 Å². The van der Waals surface area contributed by atoms with E-state index < -0.39 is 6.10 Å². The van der Waals surface area contributed by atoms with Gasteiger partial charge in [-0.25, -0.2) is 0 Å². The van der Waals surface area contributed by atoms with Gasteiger partial charge in [0.05, 0.1) is 0 Å². The molecule has 0 aromatic heterocycles. The first kappa shape index (κ1) is 15.1. The fourth-order valence-electron chi connectivity index (χ4n) is 2.17. The summed E-state index contributed by atoms with van der Waals surface area (Å²) >= 11 is 0. The van der Waals surface area contributed by atoms with Crippen LogP contribution in [0.4, 0.5) is 5.69 Å². The van der Waals surface area contributed by atoms with E-state index in [0.717, 1.165) is 18.3 Å². The monoisotopic (exact) mass is 283 g/mol. The Balaban J connectivity index is 2.13. The zero-order valence-electron chi connectivity index (χ0n) is 12.5. The van der Waals surface area contributed by atoms with Gasteiger partial charge in [0.25, 0.3) is 0 Å². The van der Waals surface area contributed by atoms with Crippen LogP contribution in [0.5, 0.6) is 5.75 Å². The molecule has 2 aromatic carbocycles. The lowest BCUT2D eigenvalue weighted by atomic mass is 9.99. The first-order valence-electron chi connectivity index (χ1n) is 7.21. The van der Waals surface area contributed by atoms with Crippen molar-refractivity contribution in [3.8, 4) is 5.75 Å². The third-order valence-corrected chi connectivity index (χ3v) is 3.69. The van der Waals surface area contributed by atoms with Crippen molar-refractivity contribution in [2.45, 2.75) is 32.3 Å². The molecule has 3 heteroatoms. The van der Waals surface area contributed by atoms with Gasteiger partial charge in [0, 0.05) is 11.3 Å². The summed E-state index contributed by atoms with van der Waals surface area (Å²) in [6.07, 6.45) is 1.25. The number of nitrogens with two attached hydrogens (primary N) is 1. The minimum absolute atomic E-state index is 0.523. The van der Waals surface area contributed by atoms with E-state index in [1.165, 1.54) is 5.56 Å². The largest absolute Gasteiger partial charge is 0.478 e. The SMILES string of the molecule is CCC(C)c1ccc(OC(C=O)c2cccc(N)c2)cc1. The third kappa shape index (κ3) is 3.85. The predicted octanol–water partition coefficient (Wildman–Crippen LogP) is 4.10. The Morgan fingerprint density at radius 2 is 1.86 bits per heavy atom. The van der Waals surface area contributed by atoms with Crippen molar-refractivity contribution in [3.63, 3.8) is 0 Å². The Labute approximate surface area is 125 Å². The molecule has 0 saturated carbocycles. The normalized spacial score (nSPS) is 13.4. The van der Waals surface area contributed by atoms with Crippen LogP contribution in [0.1, 0.15) is 43.4 Å². The molecule has 0 aliphatic rings. The number of carbonyl (C=O) groups is 1. The molecule has 0 spiro atoms. The van der Waals surface area contributed by atoms with Gasteiger partial charge in [-0.3, -0.25) is 4.79 Å². The van der Waals surface area contributed by atoms with E-state index in [9.17, 15) is 4.79 Å². The second-order valence-electron chi connectivity index (χ2n) is 5.22. The van der Waals surface area contributed by atoms with E-state index in [1.807, 2.05) is 36.4 Å². The number of rotatable bonds is 6. The summed E-state index contributed by atoms with van der Waals surface area (Å²) in [5.41, 5.74) is 8.40. The molecule has 3 nitrogen and oxygen atoms in total. The second-order valence-corrected chi connectivity index (χ2v) is 5.22. The highest BCUT2D eigenvalue weighted by molar-refractivity contribution is 5.62. The topological polar surface area (TPSA) is 52.3 Å². The number of aldehydes is 1. The second kappa shape index (κ2) is 6.93. The van der Waals surface area contributed by atoms with E-state index in [0.29, 0.717) is 17.4 Å². The molecule has 2 unspecified atom stereocenters. The van der Waals surface area contributed by atoms with Crippen LogP contribution >= 0.6 is 0 Å². The molecular weight excluding hydrogens is 262 g/mol. The maximum atomic E-state index is 11.3. The fraction of sp³-hybridized carbons (Fsp3) is 0.278. The lowest BCUT2D eigenvalue weighted by Crippen LogP contribution is -2.09. The molecule has 0 saturated heterocycles. The highest BCUT2D eigenvalue weighted by Gasteiger charge is 2.13. The van der Waals surface area contributed by atoms with Crippen LogP contribution in [-0.2, 0) is 4.79 Å². The summed E-state index contributed by atoms with van der Waals surface area (Å²) in [7, 11) is 0. The standard InChI is InChI=1S/C18H21NO2/c1-3-13(2)14-7-9-17(10-8-14)21-18(12-20)15-5-4-6-16(19)11-15/h4-13,18H,3,19H2,1-2H3. The Kier molecular flexibility index (Phi) is 4.99. The van der Waals surface area contributed by atoms with Crippen LogP contribution in [-0.4, -0.2) is 6.29 Å². The molecule has 0 aliphatic heterocycles. The summed E-state index contributed by atoms with van der Waals surface area (Å²) in [6, 6.07) is 15.1. The fourth-order valence-corrected chi connectivity index (χ4v) is 2.17. The quantitative estimate of drug-likeness (QED) is 0.641. The molecule has 0 radical (unpaired) electrons. The van der Waals surface area contributed by atoms with Gasteiger partial charge < -0.3 is 10.5 Å². The van der Waals surface area contributed by atoms with Crippen molar-refractivity contribution in [1.29, 1.82) is 0 Å². The van der Waals surface area contributed by atoms with Gasteiger partial charge >= 0.3 is 0 Å². The first-order valence-corrected chi connectivity index (χ1v) is 7.21. The highest BCUT2D eigenvalue weighted by atomic mass is 16.5. The Hall–Kier alpha value is -2.29. The van der Waals surface area contributed by atoms with Gasteiger partial charge in [0.15, 0.2) is 12.4 Å². The number of ether oxygens (including phenoxy) is 1. The van der Waals surface area contributed by atoms with Crippen LogP contribution in [0.3, 0.4) is 0 Å². The Bertz CT molecular complexity index is 592. The van der Waals surface area contributed by atoms with Gasteiger partial charge in [0.2, 0.25) is 0 Å². The summed E-state index contributed by atoms with van der Waals surface area (Å²) in [4.78, 5) is 11.3. The van der Waals surface area contributed by atoms with E-state index in [2.05, 4.69) is 13.8 Å². The highest BCUT2D eigenvalue weighted by Crippen LogP contribution is 2.25. The van der Waals surface area contributed by atoms with Crippen molar-refractivity contribution in [2.24, 2.45) is 0 Å². The molecular formula is C18H21NO2. The van der Waals surface area contributed by atoms with Crippen LogP contribution in [0.2, 0.25) is 0 Å². The molecule has 2 aromatic rings. The molecule has 0 amide bonds. The maximum Gasteiger partial charge on any atom is 0.179 e. The molecule has 0 aliphatic carbocycles. The number of anilines is 1. The number of hydrogen-bond donors (Lipinski definition) is 1. The Morgan fingerprint density at radius 1 is 1.14 bits per heavy atom. The van der Waals surface area contributed by atoms with Crippen molar-refractivity contribution in [1.82, 2.24) is 0 Å². The average Bonchev–Trinajstić information content (AvgIpc) is 2.52. The average molecular weight is 283 g/mol. The third-order valence-electron chi connectivity index (χ3n) is 3.69. The minimum atomic E-state index is -0.636. The van der Waals surface area contributed by atoms with Crippen molar-refractivity contribution in [2.75, 3.05) is 5.73 Å². The summed E-state index contributed by atoms with van der Waals surface area (Å²) in [5.74, 6) is 1.21. The minimum Gasteiger partial charge on any atom is -0.478 e.